The molecule has 1 aliphatic heterocycles. The summed E-state index contributed by atoms with van der Waals surface area (Å²) in [7, 11) is -0.252. The molecule has 230 valence electrons. The Kier molecular flexibility index (Phi) is 7.68. The van der Waals surface area contributed by atoms with Crippen molar-refractivity contribution in [3.05, 3.63) is 139 Å². The van der Waals surface area contributed by atoms with Crippen molar-refractivity contribution >= 4 is 57.3 Å². The number of aromatic nitrogens is 2. The fourth-order valence-corrected chi connectivity index (χ4v) is 8.69. The number of hydrogen-bond donors (Lipinski definition) is 0. The predicted molar refractivity (Wildman–Crippen MR) is 188 cm³/mol. The molecule has 46 heavy (non-hydrogen) atoms. The maximum atomic E-state index is 4.90. The zero-order valence-corrected chi connectivity index (χ0v) is 29.4. The van der Waals surface area contributed by atoms with E-state index in [1.165, 1.54) is 32.3 Å². The monoisotopic (exact) mass is 796 g/mol. The van der Waals surface area contributed by atoms with Crippen molar-refractivity contribution in [3.63, 3.8) is 0 Å². The molecule has 7 aromatic rings. The van der Waals surface area contributed by atoms with Crippen LogP contribution in [-0.4, -0.2) is 29.6 Å². The molecule has 3 heterocycles. The van der Waals surface area contributed by atoms with Crippen LogP contribution in [0.25, 0.3) is 38.8 Å². The first kappa shape index (κ1) is 30.2. The first-order valence-corrected chi connectivity index (χ1v) is 18.3. The molecule has 5 nitrogen and oxygen atoms in total. The minimum absolute atomic E-state index is 0. The maximum Gasteiger partial charge on any atom is 0.145 e. The van der Waals surface area contributed by atoms with E-state index in [-0.39, 0.29) is 21.1 Å². The second-order valence-corrected chi connectivity index (χ2v) is 16.5. The van der Waals surface area contributed by atoms with Gasteiger partial charge in [-0.2, -0.15) is 51.7 Å². The molecule has 8 rings (SSSR count). The number of rotatable bonds is 5. The van der Waals surface area contributed by atoms with E-state index < -0.39 is 8.07 Å². The molecule has 0 spiro atoms. The van der Waals surface area contributed by atoms with Gasteiger partial charge in [-0.25, -0.2) is 4.98 Å². The molecule has 0 unspecified atom stereocenters. The maximum absolute atomic E-state index is 4.90. The van der Waals surface area contributed by atoms with Crippen molar-refractivity contribution in [3.8, 4) is 16.9 Å². The summed E-state index contributed by atoms with van der Waals surface area (Å²) in [6, 6.07) is 48.3. The van der Waals surface area contributed by atoms with Crippen LogP contribution in [0.15, 0.2) is 121 Å². The van der Waals surface area contributed by atoms with Crippen LogP contribution in [0.1, 0.15) is 5.56 Å². The van der Waals surface area contributed by atoms with Crippen LogP contribution in [0.3, 0.4) is 0 Å². The van der Waals surface area contributed by atoms with Gasteiger partial charge in [0.15, 0.2) is 0 Å². The smallest absolute Gasteiger partial charge is 0.145 e. The van der Waals surface area contributed by atoms with E-state index in [9.17, 15) is 0 Å². The molecule has 1 aliphatic rings. The van der Waals surface area contributed by atoms with Gasteiger partial charge in [0.05, 0.1) is 15.1 Å². The molecule has 0 aliphatic carbocycles. The Morgan fingerprint density at radius 3 is 2.30 bits per heavy atom. The summed E-state index contributed by atoms with van der Waals surface area (Å²) in [5, 5.41) is 8.71. The molecule has 0 atom stereocenters. The first-order valence-electron chi connectivity index (χ1n) is 15.3. The van der Waals surface area contributed by atoms with Crippen molar-refractivity contribution < 1.29 is 26.0 Å². The largest absolute Gasteiger partial charge is 0.319 e. The fourth-order valence-electron chi connectivity index (χ4n) is 6.52. The molecule has 0 fully saturated rings. The van der Waals surface area contributed by atoms with E-state index in [4.69, 9.17) is 9.92 Å². The molecule has 0 bridgehead atoms. The van der Waals surface area contributed by atoms with E-state index >= 15 is 0 Å². The Labute approximate surface area is 284 Å². The number of hydrogen-bond acceptors (Lipinski definition) is 3. The third-order valence-corrected chi connectivity index (χ3v) is 12.3. The van der Waals surface area contributed by atoms with Gasteiger partial charge in [0.1, 0.15) is 17.2 Å². The number of nitrogens with zero attached hydrogens (tertiary/aromatic N) is 4. The van der Waals surface area contributed by atoms with Crippen LogP contribution in [-0.2, 0) is 21.1 Å². The van der Waals surface area contributed by atoms with Crippen molar-refractivity contribution in [1.82, 2.24) is 9.55 Å². The summed E-state index contributed by atoms with van der Waals surface area (Å²) in [6.45, 7) is 6.92. The predicted octanol–water partition coefficient (Wildman–Crippen LogP) is 8.00. The summed E-state index contributed by atoms with van der Waals surface area (Å²) < 4.78 is 2.27. The zero-order valence-electron chi connectivity index (χ0n) is 26.1. The number of para-hydroxylation sites is 3. The van der Waals surface area contributed by atoms with E-state index in [0.29, 0.717) is 0 Å². The minimum atomic E-state index is -2.23. The van der Waals surface area contributed by atoms with Crippen LogP contribution < -0.4 is 20.5 Å². The second kappa shape index (κ2) is 11.7. The molecule has 0 saturated carbocycles. The summed E-state index contributed by atoms with van der Waals surface area (Å²) in [5.74, 6) is 0.891. The van der Waals surface area contributed by atoms with Gasteiger partial charge in [0, 0.05) is 38.5 Å². The average Bonchev–Trinajstić information content (AvgIpc) is 3.59. The number of hydroxylamine groups is 1. The van der Waals surface area contributed by atoms with Gasteiger partial charge in [0.25, 0.3) is 0 Å². The van der Waals surface area contributed by atoms with Crippen molar-refractivity contribution in [1.29, 1.82) is 0 Å². The minimum Gasteiger partial charge on any atom is -0.319 e. The van der Waals surface area contributed by atoms with E-state index in [1.54, 1.807) is 0 Å². The van der Waals surface area contributed by atoms with E-state index in [0.717, 1.165) is 39.5 Å². The van der Waals surface area contributed by atoms with Gasteiger partial charge in [-0.05, 0) is 59.3 Å². The Hall–Kier alpha value is -4.48. The Bertz CT molecular complexity index is 2240. The van der Waals surface area contributed by atoms with Crippen LogP contribution >= 0.6 is 0 Å². The summed E-state index contributed by atoms with van der Waals surface area (Å²) in [4.78, 5) is 9.70. The Morgan fingerprint density at radius 2 is 1.46 bits per heavy atom. The zero-order chi connectivity index (χ0) is 30.7. The van der Waals surface area contributed by atoms with Crippen LogP contribution in [0, 0.1) is 19.1 Å². The number of anilines is 3. The molecular formula is C39H33N4OPtSi-. The van der Waals surface area contributed by atoms with E-state index in [1.807, 2.05) is 29.4 Å². The molecular weight excluding hydrogens is 764 g/mol. The molecule has 5 aromatic carbocycles. The molecule has 7 heteroatoms. The standard InChI is InChI=1S/C39H32N4OSi.Pt/c1-27-12-5-6-15-32(27)28-22-23-40-39(24-28)42-35-17-8-7-16-33(35)34-21-20-31(26-38(34)42)45(3,4)30-14-11-13-29(25-30)43-37-19-10-9-18-36(37)41(2)44-43;/h5-24H,1-4H3;/q-2;/p+1. The SMILES string of the molecule is Cc1ccccc1-c1ccnc(-n2c3[c-]c([Si](C)(C)c4[c-]c(N5[OH+]N(C)c6ccccc65)ccc4)ccc3c3ccccc32)c1.[Pt]. The van der Waals surface area contributed by atoms with Crippen LogP contribution in [0.2, 0.25) is 13.1 Å². The second-order valence-electron chi connectivity index (χ2n) is 12.2. The number of fused-ring (bicyclic) bond motifs is 4. The normalized spacial score (nSPS) is 12.9. The molecule has 0 radical (unpaired) electrons. The van der Waals surface area contributed by atoms with Crippen molar-refractivity contribution in [2.45, 2.75) is 20.0 Å². The molecule has 0 amide bonds. The fraction of sp³-hybridized carbons (Fsp3) is 0.103. The van der Waals surface area contributed by atoms with Gasteiger partial charge in [-0.3, -0.25) is 0 Å². The Morgan fingerprint density at radius 1 is 0.717 bits per heavy atom. The third kappa shape index (κ3) is 4.89. The molecule has 2 aromatic heterocycles. The van der Waals surface area contributed by atoms with Gasteiger partial charge < -0.3 is 4.57 Å². The van der Waals surface area contributed by atoms with Crippen LogP contribution in [0.4, 0.5) is 17.1 Å². The van der Waals surface area contributed by atoms with Gasteiger partial charge in [-0.15, -0.1) is 21.6 Å². The summed E-state index contributed by atoms with van der Waals surface area (Å²) in [6.07, 6.45) is 1.92. The number of aryl methyl sites for hydroxylation is 1. The van der Waals surface area contributed by atoms with Crippen molar-refractivity contribution in [2.24, 2.45) is 0 Å². The topological polar surface area (TPSA) is 37.1 Å². The Balaban J connectivity index is 0.00000338. The van der Waals surface area contributed by atoms with Crippen LogP contribution in [0.5, 0.6) is 0 Å². The average molecular weight is 797 g/mol. The quantitative estimate of drug-likeness (QED) is 0.101. The van der Waals surface area contributed by atoms with Gasteiger partial charge in [-0.1, -0.05) is 73.2 Å². The molecule has 1 N–H and O–H groups in total. The summed E-state index contributed by atoms with van der Waals surface area (Å²) >= 11 is 0. The number of pyridine rings is 1. The molecule has 0 saturated heterocycles. The number of benzene rings is 5. The van der Waals surface area contributed by atoms with E-state index in [2.05, 4.69) is 146 Å². The third-order valence-electron chi connectivity index (χ3n) is 9.05. The first-order chi connectivity index (χ1) is 21.9. The summed E-state index contributed by atoms with van der Waals surface area (Å²) in [5.41, 5.74) is 8.87. The van der Waals surface area contributed by atoms with Gasteiger partial charge >= 0.3 is 0 Å². The van der Waals surface area contributed by atoms with Gasteiger partial charge in [0.2, 0.25) is 0 Å². The van der Waals surface area contributed by atoms with Crippen molar-refractivity contribution in [2.75, 3.05) is 17.2 Å².